The molecule has 7 nitrogen and oxygen atoms in total. The van der Waals surface area contributed by atoms with Crippen molar-refractivity contribution in [2.45, 2.75) is 50.6 Å². The number of piperidine rings is 1. The zero-order valence-corrected chi connectivity index (χ0v) is 16.9. The molecule has 3 aliphatic heterocycles. The lowest BCUT2D eigenvalue weighted by Crippen LogP contribution is -2.57. The lowest BCUT2D eigenvalue weighted by molar-refractivity contribution is -0.134. The highest BCUT2D eigenvalue weighted by Gasteiger charge is 2.55. The number of nitrogens with one attached hydrogen (secondary N) is 1. The molecule has 3 aliphatic rings. The van der Waals surface area contributed by atoms with E-state index < -0.39 is 5.54 Å². The molecule has 0 aliphatic carbocycles. The van der Waals surface area contributed by atoms with Crippen molar-refractivity contribution in [3.63, 3.8) is 0 Å². The summed E-state index contributed by atoms with van der Waals surface area (Å²) >= 11 is 0. The predicted octanol–water partition coefficient (Wildman–Crippen LogP) is 2.49. The van der Waals surface area contributed by atoms with Gasteiger partial charge in [-0.2, -0.15) is 0 Å². The highest BCUT2D eigenvalue weighted by molar-refractivity contribution is 6.07. The first-order valence-electron chi connectivity index (χ1n) is 10.2. The first kappa shape index (κ1) is 19.1. The van der Waals surface area contributed by atoms with Gasteiger partial charge in [0.2, 0.25) is 0 Å². The number of hydrogen-bond acceptors (Lipinski definition) is 5. The third-order valence-corrected chi connectivity index (χ3v) is 6.46. The van der Waals surface area contributed by atoms with Gasteiger partial charge < -0.3 is 14.8 Å². The number of amides is 3. The Bertz CT molecular complexity index is 796. The minimum Gasteiger partial charge on any atom is -0.493 e. The molecule has 2 fully saturated rings. The molecule has 1 aromatic rings. The normalized spacial score (nSPS) is 26.8. The summed E-state index contributed by atoms with van der Waals surface area (Å²) in [5.74, 6) is 1.38. The van der Waals surface area contributed by atoms with E-state index in [9.17, 15) is 9.59 Å². The molecule has 0 aromatic heterocycles. The number of unbranched alkanes of at least 4 members (excludes halogenated alkanes) is 1. The van der Waals surface area contributed by atoms with Crippen LogP contribution in [0.3, 0.4) is 0 Å². The lowest BCUT2D eigenvalue weighted by Gasteiger charge is -2.46. The van der Waals surface area contributed by atoms with E-state index in [-0.39, 0.29) is 18.0 Å². The summed E-state index contributed by atoms with van der Waals surface area (Å²) in [4.78, 5) is 29.5. The quantitative estimate of drug-likeness (QED) is 0.786. The Morgan fingerprint density at radius 1 is 1.18 bits per heavy atom. The smallest absolute Gasteiger partial charge is 0.325 e. The Kier molecular flexibility index (Phi) is 4.95. The molecule has 0 radical (unpaired) electrons. The molecule has 1 spiro atoms. The fourth-order valence-electron chi connectivity index (χ4n) is 4.86. The van der Waals surface area contributed by atoms with Crippen LogP contribution in [0.25, 0.3) is 0 Å². The molecular weight excluding hydrogens is 358 g/mol. The van der Waals surface area contributed by atoms with Crippen LogP contribution in [0.4, 0.5) is 4.79 Å². The van der Waals surface area contributed by atoms with Crippen molar-refractivity contribution in [3.05, 3.63) is 23.3 Å². The maximum absolute atomic E-state index is 13.2. The van der Waals surface area contributed by atoms with Crippen LogP contribution in [0.5, 0.6) is 11.5 Å². The van der Waals surface area contributed by atoms with Crippen LogP contribution < -0.4 is 14.8 Å². The van der Waals surface area contributed by atoms with Crippen LogP contribution in [-0.2, 0) is 11.2 Å². The average Bonchev–Trinajstić information content (AvgIpc) is 2.94. The number of ether oxygens (including phenoxy) is 2. The molecule has 28 heavy (non-hydrogen) atoms. The minimum atomic E-state index is -0.784. The standard InChI is InChI=1S/C21H29N3O4/c1-4-5-8-24-19(25)21(22-20(24)26)7-10-23-9-6-14-11-17(27-2)18(28-3)12-15(14)16(23)13-21/h11-12,16H,4-10,13H2,1-3H3,(H,22,26)/t16-,21+/m0/s1. The SMILES string of the molecule is CCCCN1C(=O)N[C@@]2(CCN3CCc4cc(OC)c(OC)cc4[C@@H]3C2)C1=O. The maximum Gasteiger partial charge on any atom is 0.325 e. The number of rotatable bonds is 5. The second-order valence-electron chi connectivity index (χ2n) is 7.98. The number of methoxy groups -OCH3 is 2. The molecule has 3 heterocycles. The number of carbonyl (C=O) groups is 2. The van der Waals surface area contributed by atoms with Gasteiger partial charge in [0, 0.05) is 25.7 Å². The van der Waals surface area contributed by atoms with Crippen molar-refractivity contribution in [3.8, 4) is 11.5 Å². The van der Waals surface area contributed by atoms with Gasteiger partial charge in [0.05, 0.1) is 14.2 Å². The van der Waals surface area contributed by atoms with Gasteiger partial charge in [-0.1, -0.05) is 13.3 Å². The summed E-state index contributed by atoms with van der Waals surface area (Å²) in [6.45, 7) is 4.31. The molecule has 2 saturated heterocycles. The van der Waals surface area contributed by atoms with Gasteiger partial charge in [-0.05, 0) is 48.9 Å². The van der Waals surface area contributed by atoms with E-state index in [1.54, 1.807) is 14.2 Å². The van der Waals surface area contributed by atoms with Crippen LogP contribution >= 0.6 is 0 Å². The fraction of sp³-hybridized carbons (Fsp3) is 0.619. The second-order valence-corrected chi connectivity index (χ2v) is 7.98. The van der Waals surface area contributed by atoms with E-state index in [0.717, 1.165) is 38.1 Å². The number of fused-ring (bicyclic) bond motifs is 3. The van der Waals surface area contributed by atoms with Crippen LogP contribution in [0, 0.1) is 0 Å². The molecule has 0 unspecified atom stereocenters. The largest absolute Gasteiger partial charge is 0.493 e. The summed E-state index contributed by atoms with van der Waals surface area (Å²) in [5.41, 5.74) is 1.63. The van der Waals surface area contributed by atoms with Crippen molar-refractivity contribution in [2.24, 2.45) is 0 Å². The van der Waals surface area contributed by atoms with Crippen molar-refractivity contribution < 1.29 is 19.1 Å². The predicted molar refractivity (Wildman–Crippen MR) is 105 cm³/mol. The average molecular weight is 387 g/mol. The summed E-state index contributed by atoms with van der Waals surface area (Å²) in [7, 11) is 3.28. The molecule has 1 aromatic carbocycles. The molecule has 7 heteroatoms. The van der Waals surface area contributed by atoms with Crippen LogP contribution in [0.1, 0.15) is 49.8 Å². The van der Waals surface area contributed by atoms with Gasteiger partial charge in [-0.3, -0.25) is 14.6 Å². The molecule has 3 amide bonds. The molecule has 0 saturated carbocycles. The third kappa shape index (κ3) is 2.92. The van der Waals surface area contributed by atoms with E-state index in [2.05, 4.69) is 23.2 Å². The monoisotopic (exact) mass is 387 g/mol. The zero-order chi connectivity index (χ0) is 19.9. The first-order valence-corrected chi connectivity index (χ1v) is 10.2. The van der Waals surface area contributed by atoms with Crippen molar-refractivity contribution in [1.29, 1.82) is 0 Å². The number of nitrogens with zero attached hydrogens (tertiary/aromatic N) is 2. The lowest BCUT2D eigenvalue weighted by atomic mass is 9.77. The van der Waals surface area contributed by atoms with Crippen LogP contribution in [0.15, 0.2) is 12.1 Å². The van der Waals surface area contributed by atoms with E-state index in [0.29, 0.717) is 25.1 Å². The number of carbonyl (C=O) groups excluding carboxylic acids is 2. The van der Waals surface area contributed by atoms with E-state index in [4.69, 9.17) is 9.47 Å². The molecular formula is C21H29N3O4. The summed E-state index contributed by atoms with van der Waals surface area (Å²) < 4.78 is 11.0. The summed E-state index contributed by atoms with van der Waals surface area (Å²) in [6, 6.07) is 3.94. The maximum atomic E-state index is 13.2. The second kappa shape index (κ2) is 7.28. The van der Waals surface area contributed by atoms with Gasteiger partial charge in [0.25, 0.3) is 5.91 Å². The van der Waals surface area contributed by atoms with E-state index in [1.165, 1.54) is 16.0 Å². The minimum absolute atomic E-state index is 0.0572. The number of benzene rings is 1. The number of hydrogen-bond donors (Lipinski definition) is 1. The molecule has 152 valence electrons. The Morgan fingerprint density at radius 2 is 1.93 bits per heavy atom. The van der Waals surface area contributed by atoms with Gasteiger partial charge in [-0.15, -0.1) is 0 Å². The Balaban J connectivity index is 1.65. The van der Waals surface area contributed by atoms with E-state index in [1.807, 2.05) is 6.07 Å². The highest BCUT2D eigenvalue weighted by Crippen LogP contribution is 2.45. The van der Waals surface area contributed by atoms with Crippen molar-refractivity contribution in [2.75, 3.05) is 33.9 Å². The zero-order valence-electron chi connectivity index (χ0n) is 16.9. The van der Waals surface area contributed by atoms with Gasteiger partial charge in [-0.25, -0.2) is 4.79 Å². The molecule has 0 bridgehead atoms. The Hall–Kier alpha value is -2.28. The fourth-order valence-corrected chi connectivity index (χ4v) is 4.86. The Morgan fingerprint density at radius 3 is 2.64 bits per heavy atom. The first-order chi connectivity index (χ1) is 13.5. The molecule has 2 atom stereocenters. The van der Waals surface area contributed by atoms with Crippen molar-refractivity contribution >= 4 is 11.9 Å². The topological polar surface area (TPSA) is 71.1 Å². The third-order valence-electron chi connectivity index (χ3n) is 6.46. The molecule has 1 N–H and O–H groups in total. The van der Waals surface area contributed by atoms with Gasteiger partial charge in [0.1, 0.15) is 5.54 Å². The Labute approximate surface area is 166 Å². The summed E-state index contributed by atoms with van der Waals surface area (Å²) in [6.07, 6.45) is 4.00. The van der Waals surface area contributed by atoms with Gasteiger partial charge in [0.15, 0.2) is 11.5 Å². The number of urea groups is 1. The number of imide groups is 1. The highest BCUT2D eigenvalue weighted by atomic mass is 16.5. The van der Waals surface area contributed by atoms with Crippen LogP contribution in [-0.4, -0.2) is 61.1 Å². The summed E-state index contributed by atoms with van der Waals surface area (Å²) in [5, 5.41) is 3.05. The van der Waals surface area contributed by atoms with Crippen molar-refractivity contribution in [1.82, 2.24) is 15.1 Å². The molecule has 4 rings (SSSR count). The van der Waals surface area contributed by atoms with E-state index >= 15 is 0 Å². The van der Waals surface area contributed by atoms with Gasteiger partial charge >= 0.3 is 6.03 Å². The van der Waals surface area contributed by atoms with Crippen LogP contribution in [0.2, 0.25) is 0 Å².